The lowest BCUT2D eigenvalue weighted by Crippen LogP contribution is -2.31. The molecular formula is C9H14N2. The molecule has 0 spiro atoms. The largest absolute Gasteiger partial charge is 0.304 e. The predicted octanol–water partition coefficient (Wildman–Crippen LogP) is 1.64. The summed E-state index contributed by atoms with van der Waals surface area (Å²) >= 11 is 0. The van der Waals surface area contributed by atoms with Gasteiger partial charge in [-0.05, 0) is 32.4 Å². The van der Waals surface area contributed by atoms with Crippen molar-refractivity contribution in [2.45, 2.75) is 26.4 Å². The number of nitrogens with zero attached hydrogens (tertiary/aromatic N) is 1. The van der Waals surface area contributed by atoms with Gasteiger partial charge in [-0.1, -0.05) is 11.6 Å². The molecule has 0 aromatic rings. The van der Waals surface area contributed by atoms with Crippen LogP contribution in [0.4, 0.5) is 0 Å². The molecule has 1 heterocycles. The number of rotatable bonds is 0. The molecule has 2 N–H and O–H groups in total. The van der Waals surface area contributed by atoms with Gasteiger partial charge in [0.15, 0.2) is 0 Å². The van der Waals surface area contributed by atoms with Gasteiger partial charge in [-0.3, -0.25) is 4.99 Å². The van der Waals surface area contributed by atoms with E-state index in [2.05, 4.69) is 11.1 Å². The van der Waals surface area contributed by atoms with Crippen LogP contribution in [0.5, 0.6) is 0 Å². The van der Waals surface area contributed by atoms with Gasteiger partial charge in [0.25, 0.3) is 0 Å². The molecule has 11 heavy (non-hydrogen) atoms. The van der Waals surface area contributed by atoms with Gasteiger partial charge in [0, 0.05) is 6.21 Å². The number of nitrogens with two attached hydrogens (primary N) is 1. The second-order valence-electron chi connectivity index (χ2n) is 3.26. The Labute approximate surface area is 67.5 Å². The van der Waals surface area contributed by atoms with Gasteiger partial charge in [0.05, 0.1) is 0 Å². The van der Waals surface area contributed by atoms with Gasteiger partial charge < -0.3 is 5.73 Å². The highest BCUT2D eigenvalue weighted by atomic mass is 15.0. The van der Waals surface area contributed by atoms with E-state index in [1.165, 1.54) is 5.57 Å². The van der Waals surface area contributed by atoms with Crippen LogP contribution in [0, 0.1) is 0 Å². The molecule has 0 saturated heterocycles. The number of allylic oxidation sites excluding steroid dienone is 3. The van der Waals surface area contributed by atoms with Crippen molar-refractivity contribution in [3.8, 4) is 0 Å². The number of hydrogen-bond acceptors (Lipinski definition) is 2. The van der Waals surface area contributed by atoms with Crippen molar-refractivity contribution in [2.24, 2.45) is 10.7 Å². The summed E-state index contributed by atoms with van der Waals surface area (Å²) in [7, 11) is 0. The maximum Gasteiger partial charge on any atom is 0.124 e. The van der Waals surface area contributed by atoms with E-state index < -0.39 is 5.66 Å². The van der Waals surface area contributed by atoms with Crippen LogP contribution < -0.4 is 5.73 Å². The lowest BCUT2D eigenvalue weighted by atomic mass is 10.1. The first-order chi connectivity index (χ1) is 4.99. The lowest BCUT2D eigenvalue weighted by Gasteiger charge is -2.13. The maximum atomic E-state index is 5.82. The molecule has 0 aromatic heterocycles. The van der Waals surface area contributed by atoms with E-state index in [1.807, 2.05) is 33.1 Å². The molecule has 2 nitrogen and oxygen atoms in total. The van der Waals surface area contributed by atoms with Gasteiger partial charge in [-0.25, -0.2) is 0 Å². The van der Waals surface area contributed by atoms with E-state index in [1.54, 1.807) is 0 Å². The first-order valence-corrected chi connectivity index (χ1v) is 3.71. The molecule has 0 amide bonds. The molecule has 1 unspecified atom stereocenters. The summed E-state index contributed by atoms with van der Waals surface area (Å²) in [6.45, 7) is 5.94. The number of hydrogen-bond donors (Lipinski definition) is 1. The molecular weight excluding hydrogens is 136 g/mol. The summed E-state index contributed by atoms with van der Waals surface area (Å²) in [5, 5.41) is 0. The third-order valence-electron chi connectivity index (χ3n) is 1.52. The minimum atomic E-state index is -0.529. The van der Waals surface area contributed by atoms with Crippen molar-refractivity contribution in [2.75, 3.05) is 0 Å². The lowest BCUT2D eigenvalue weighted by molar-refractivity contribution is 0.622. The third-order valence-corrected chi connectivity index (χ3v) is 1.52. The number of aliphatic imine (C=N–C) groups is 1. The minimum Gasteiger partial charge on any atom is -0.304 e. The molecule has 0 bridgehead atoms. The highest BCUT2D eigenvalue weighted by Gasteiger charge is 2.13. The summed E-state index contributed by atoms with van der Waals surface area (Å²) in [6, 6.07) is 0. The van der Waals surface area contributed by atoms with Gasteiger partial charge >= 0.3 is 0 Å². The van der Waals surface area contributed by atoms with E-state index >= 15 is 0 Å². The zero-order chi connectivity index (χ0) is 8.48. The molecule has 1 aliphatic rings. The van der Waals surface area contributed by atoms with E-state index in [0.29, 0.717) is 0 Å². The first-order valence-electron chi connectivity index (χ1n) is 3.71. The van der Waals surface area contributed by atoms with Crippen LogP contribution in [-0.4, -0.2) is 11.9 Å². The highest BCUT2D eigenvalue weighted by molar-refractivity contribution is 5.79. The van der Waals surface area contributed by atoms with Crippen LogP contribution in [0.1, 0.15) is 20.8 Å². The zero-order valence-electron chi connectivity index (χ0n) is 7.26. The fraction of sp³-hybridized carbons (Fsp3) is 0.444. The van der Waals surface area contributed by atoms with Crippen LogP contribution >= 0.6 is 0 Å². The van der Waals surface area contributed by atoms with Crippen molar-refractivity contribution in [3.63, 3.8) is 0 Å². The Bertz CT molecular complexity index is 244. The minimum absolute atomic E-state index is 0.529. The summed E-state index contributed by atoms with van der Waals surface area (Å²) in [5.74, 6) is 0. The molecule has 0 aliphatic carbocycles. The zero-order valence-corrected chi connectivity index (χ0v) is 7.26. The van der Waals surface area contributed by atoms with Crippen LogP contribution in [0.2, 0.25) is 0 Å². The highest BCUT2D eigenvalue weighted by Crippen LogP contribution is 2.13. The Kier molecular flexibility index (Phi) is 1.96. The van der Waals surface area contributed by atoms with Crippen LogP contribution in [0.3, 0.4) is 0 Å². The second kappa shape index (κ2) is 2.62. The summed E-state index contributed by atoms with van der Waals surface area (Å²) in [6.07, 6.45) is 5.84. The molecule has 0 fully saturated rings. The van der Waals surface area contributed by atoms with Crippen molar-refractivity contribution in [1.82, 2.24) is 0 Å². The standard InChI is InChI=1S/C9H14N2/c1-7-4-8(2)6-11-9(3,10)5-7/h4-6H,10H2,1-3H3. The summed E-state index contributed by atoms with van der Waals surface area (Å²) < 4.78 is 0. The van der Waals surface area contributed by atoms with Crippen molar-refractivity contribution in [3.05, 3.63) is 23.3 Å². The first kappa shape index (κ1) is 8.21. The summed E-state index contributed by atoms with van der Waals surface area (Å²) in [4.78, 5) is 4.20. The fourth-order valence-electron chi connectivity index (χ4n) is 1.18. The quantitative estimate of drug-likeness (QED) is 0.560. The van der Waals surface area contributed by atoms with E-state index in [0.717, 1.165) is 5.57 Å². The Morgan fingerprint density at radius 3 is 2.64 bits per heavy atom. The van der Waals surface area contributed by atoms with Gasteiger partial charge in [-0.15, -0.1) is 0 Å². The van der Waals surface area contributed by atoms with E-state index in [9.17, 15) is 0 Å². The fourth-order valence-corrected chi connectivity index (χ4v) is 1.18. The third kappa shape index (κ3) is 2.31. The van der Waals surface area contributed by atoms with Gasteiger partial charge in [-0.2, -0.15) is 0 Å². The van der Waals surface area contributed by atoms with Crippen LogP contribution in [0.25, 0.3) is 0 Å². The molecule has 1 atom stereocenters. The van der Waals surface area contributed by atoms with Crippen molar-refractivity contribution in [1.29, 1.82) is 0 Å². The second-order valence-corrected chi connectivity index (χ2v) is 3.26. The molecule has 1 rings (SSSR count). The Morgan fingerprint density at radius 1 is 1.36 bits per heavy atom. The van der Waals surface area contributed by atoms with Crippen molar-refractivity contribution < 1.29 is 0 Å². The van der Waals surface area contributed by atoms with Crippen molar-refractivity contribution >= 4 is 6.21 Å². The smallest absolute Gasteiger partial charge is 0.124 e. The summed E-state index contributed by atoms with van der Waals surface area (Å²) in [5.41, 5.74) is 7.61. The molecule has 0 radical (unpaired) electrons. The van der Waals surface area contributed by atoms with E-state index in [4.69, 9.17) is 5.73 Å². The predicted molar refractivity (Wildman–Crippen MR) is 48.6 cm³/mol. The Balaban J connectivity index is 3.02. The Hall–Kier alpha value is -0.890. The average molecular weight is 150 g/mol. The molecule has 2 heteroatoms. The van der Waals surface area contributed by atoms with Gasteiger partial charge in [0.2, 0.25) is 0 Å². The normalized spacial score (nSPS) is 30.9. The van der Waals surface area contributed by atoms with Crippen LogP contribution in [0.15, 0.2) is 28.3 Å². The molecule has 0 saturated carbocycles. The monoisotopic (exact) mass is 150 g/mol. The molecule has 1 aliphatic heterocycles. The average Bonchev–Trinajstić information content (AvgIpc) is 1.90. The maximum absolute atomic E-state index is 5.82. The topological polar surface area (TPSA) is 38.4 Å². The van der Waals surface area contributed by atoms with E-state index in [-0.39, 0.29) is 0 Å². The Morgan fingerprint density at radius 2 is 2.00 bits per heavy atom. The molecule has 60 valence electrons. The van der Waals surface area contributed by atoms with Crippen LogP contribution in [-0.2, 0) is 0 Å². The molecule has 0 aromatic carbocycles. The van der Waals surface area contributed by atoms with Gasteiger partial charge in [0.1, 0.15) is 5.66 Å². The SMILES string of the molecule is CC1=CC(C)=CC(C)(N)N=C1.